The zero-order chi connectivity index (χ0) is 16.9. The first-order valence-electron chi connectivity index (χ1n) is 8.79. The average Bonchev–Trinajstić information content (AvgIpc) is 2.56. The molecule has 3 rings (SSSR count). The van der Waals surface area contributed by atoms with Crippen LogP contribution in [0, 0.1) is 5.92 Å². The van der Waals surface area contributed by atoms with Crippen molar-refractivity contribution in [2.75, 3.05) is 38.2 Å². The number of ether oxygens (including phenoxy) is 2. The van der Waals surface area contributed by atoms with E-state index in [2.05, 4.69) is 29.4 Å². The Kier molecular flexibility index (Phi) is 5.79. The monoisotopic (exact) mass is 349 g/mol. The Labute approximate surface area is 149 Å². The van der Waals surface area contributed by atoms with Gasteiger partial charge < -0.3 is 25.0 Å². The fourth-order valence-electron chi connectivity index (χ4n) is 3.19. The Balaban J connectivity index is 1.46. The normalized spacial score (nSPS) is 19.6. The van der Waals surface area contributed by atoms with E-state index in [1.54, 1.807) is 0 Å². The third-order valence-corrected chi connectivity index (χ3v) is 4.81. The summed E-state index contributed by atoms with van der Waals surface area (Å²) in [6, 6.07) is 6.12. The van der Waals surface area contributed by atoms with E-state index in [0.29, 0.717) is 24.4 Å². The van der Waals surface area contributed by atoms with Gasteiger partial charge in [0.15, 0.2) is 16.6 Å². The van der Waals surface area contributed by atoms with Crippen LogP contribution in [0.3, 0.4) is 0 Å². The van der Waals surface area contributed by atoms with Gasteiger partial charge in [0, 0.05) is 24.3 Å². The summed E-state index contributed by atoms with van der Waals surface area (Å²) >= 11 is 5.44. The van der Waals surface area contributed by atoms with Crippen molar-refractivity contribution in [3.05, 3.63) is 18.2 Å². The number of fused-ring (bicyclic) bond motifs is 1. The van der Waals surface area contributed by atoms with Crippen LogP contribution in [-0.4, -0.2) is 48.9 Å². The molecule has 0 saturated carbocycles. The highest BCUT2D eigenvalue weighted by Crippen LogP contribution is 2.32. The number of anilines is 1. The number of benzene rings is 1. The second kappa shape index (κ2) is 8.03. The van der Waals surface area contributed by atoms with Crippen LogP contribution < -0.4 is 20.1 Å². The lowest BCUT2D eigenvalue weighted by Crippen LogP contribution is -2.45. The molecule has 0 radical (unpaired) electrons. The Morgan fingerprint density at radius 3 is 2.71 bits per heavy atom. The molecule has 2 heterocycles. The minimum Gasteiger partial charge on any atom is -0.486 e. The number of piperidine rings is 1. The standard InChI is InChI=1S/C18H27N3O2S/c1-13-5-7-21(8-6-13)12-14(2)19-18(24)20-15-3-4-16-17(11-15)23-10-9-22-16/h3-4,11,13-14H,5-10,12H2,1-2H3,(H2,19,20,24)/t14-/m0/s1. The fourth-order valence-corrected chi connectivity index (χ4v) is 3.51. The van der Waals surface area contributed by atoms with Crippen LogP contribution in [0.1, 0.15) is 26.7 Å². The summed E-state index contributed by atoms with van der Waals surface area (Å²) in [5.74, 6) is 2.42. The molecule has 2 N–H and O–H groups in total. The molecule has 1 atom stereocenters. The van der Waals surface area contributed by atoms with Crippen LogP contribution in [0.2, 0.25) is 0 Å². The van der Waals surface area contributed by atoms with Crippen LogP contribution in [-0.2, 0) is 0 Å². The summed E-state index contributed by atoms with van der Waals surface area (Å²) in [4.78, 5) is 2.52. The maximum atomic E-state index is 5.60. The molecule has 2 aliphatic rings. The van der Waals surface area contributed by atoms with Gasteiger partial charge in [-0.1, -0.05) is 6.92 Å². The molecule has 6 heteroatoms. The Bertz CT molecular complexity index is 573. The van der Waals surface area contributed by atoms with E-state index in [9.17, 15) is 0 Å². The predicted molar refractivity (Wildman–Crippen MR) is 101 cm³/mol. The zero-order valence-corrected chi connectivity index (χ0v) is 15.3. The molecular formula is C18H27N3O2S. The van der Waals surface area contributed by atoms with Crippen molar-refractivity contribution in [3.8, 4) is 11.5 Å². The van der Waals surface area contributed by atoms with Gasteiger partial charge >= 0.3 is 0 Å². The van der Waals surface area contributed by atoms with E-state index in [1.165, 1.54) is 25.9 Å². The topological polar surface area (TPSA) is 45.8 Å². The predicted octanol–water partition coefficient (Wildman–Crippen LogP) is 2.86. The average molecular weight is 350 g/mol. The second-order valence-corrected chi connectivity index (χ2v) is 7.25. The fraction of sp³-hybridized carbons (Fsp3) is 0.611. The molecule has 5 nitrogen and oxygen atoms in total. The SMILES string of the molecule is CC1CCN(C[C@H](C)NC(=S)Nc2ccc3c(c2)OCCO3)CC1. The van der Waals surface area contributed by atoms with Gasteiger partial charge in [0.05, 0.1) is 0 Å². The minimum absolute atomic E-state index is 0.315. The molecule has 24 heavy (non-hydrogen) atoms. The lowest BCUT2D eigenvalue weighted by molar-refractivity contribution is 0.171. The molecule has 1 aromatic carbocycles. The molecule has 2 aliphatic heterocycles. The number of rotatable bonds is 4. The zero-order valence-electron chi connectivity index (χ0n) is 14.5. The van der Waals surface area contributed by atoms with Crippen molar-refractivity contribution >= 4 is 23.0 Å². The van der Waals surface area contributed by atoms with Crippen LogP contribution in [0.4, 0.5) is 5.69 Å². The first-order chi connectivity index (χ1) is 11.6. The lowest BCUT2D eigenvalue weighted by Gasteiger charge is -2.32. The van der Waals surface area contributed by atoms with Crippen molar-refractivity contribution in [2.24, 2.45) is 5.92 Å². The number of thiocarbonyl (C=S) groups is 1. The number of hydrogen-bond donors (Lipinski definition) is 2. The highest BCUT2D eigenvalue weighted by Gasteiger charge is 2.18. The first-order valence-corrected chi connectivity index (χ1v) is 9.20. The Morgan fingerprint density at radius 1 is 1.25 bits per heavy atom. The first kappa shape index (κ1) is 17.3. The van der Waals surface area contributed by atoms with Gasteiger partial charge in [-0.25, -0.2) is 0 Å². The summed E-state index contributed by atoms with van der Waals surface area (Å²) in [7, 11) is 0. The van der Waals surface area contributed by atoms with Crippen LogP contribution in [0.25, 0.3) is 0 Å². The molecule has 1 fully saturated rings. The van der Waals surface area contributed by atoms with Gasteiger partial charge in [0.1, 0.15) is 13.2 Å². The van der Waals surface area contributed by atoms with E-state index in [0.717, 1.165) is 29.6 Å². The van der Waals surface area contributed by atoms with Crippen LogP contribution in [0.5, 0.6) is 11.5 Å². The molecule has 0 aliphatic carbocycles. The van der Waals surface area contributed by atoms with Crippen molar-refractivity contribution in [2.45, 2.75) is 32.7 Å². The van der Waals surface area contributed by atoms with Gasteiger partial charge in [-0.15, -0.1) is 0 Å². The van der Waals surface area contributed by atoms with Gasteiger partial charge in [-0.2, -0.15) is 0 Å². The third-order valence-electron chi connectivity index (χ3n) is 4.59. The maximum Gasteiger partial charge on any atom is 0.171 e. The van der Waals surface area contributed by atoms with E-state index in [-0.39, 0.29) is 0 Å². The van der Waals surface area contributed by atoms with Crippen molar-refractivity contribution in [1.29, 1.82) is 0 Å². The third kappa shape index (κ3) is 4.74. The molecule has 132 valence electrons. The molecule has 0 unspecified atom stereocenters. The van der Waals surface area contributed by atoms with Gasteiger partial charge in [0.25, 0.3) is 0 Å². The summed E-state index contributed by atoms with van der Waals surface area (Å²) < 4.78 is 11.1. The molecule has 0 amide bonds. The molecule has 0 spiro atoms. The molecule has 0 aromatic heterocycles. The molecule has 1 aromatic rings. The van der Waals surface area contributed by atoms with E-state index < -0.39 is 0 Å². The number of likely N-dealkylation sites (tertiary alicyclic amines) is 1. The van der Waals surface area contributed by atoms with E-state index in [4.69, 9.17) is 21.7 Å². The highest BCUT2D eigenvalue weighted by molar-refractivity contribution is 7.80. The number of nitrogens with one attached hydrogen (secondary N) is 2. The van der Waals surface area contributed by atoms with Crippen molar-refractivity contribution < 1.29 is 9.47 Å². The lowest BCUT2D eigenvalue weighted by atomic mass is 9.99. The molecule has 0 bridgehead atoms. The quantitative estimate of drug-likeness (QED) is 0.815. The largest absolute Gasteiger partial charge is 0.486 e. The van der Waals surface area contributed by atoms with Gasteiger partial charge in [0.2, 0.25) is 0 Å². The Hall–Kier alpha value is -1.53. The second-order valence-electron chi connectivity index (χ2n) is 6.84. The van der Waals surface area contributed by atoms with Crippen molar-refractivity contribution in [1.82, 2.24) is 10.2 Å². The Morgan fingerprint density at radius 2 is 1.96 bits per heavy atom. The van der Waals surface area contributed by atoms with Gasteiger partial charge in [-0.05, 0) is 63.1 Å². The summed E-state index contributed by atoms with van der Waals surface area (Å²) in [6.07, 6.45) is 2.60. The van der Waals surface area contributed by atoms with E-state index >= 15 is 0 Å². The minimum atomic E-state index is 0.315. The summed E-state index contributed by atoms with van der Waals surface area (Å²) in [5.41, 5.74) is 0.913. The summed E-state index contributed by atoms with van der Waals surface area (Å²) in [6.45, 7) is 9.11. The highest BCUT2D eigenvalue weighted by atomic mass is 32.1. The number of hydrogen-bond acceptors (Lipinski definition) is 4. The summed E-state index contributed by atoms with van der Waals surface area (Å²) in [5, 5.41) is 7.25. The van der Waals surface area contributed by atoms with Crippen LogP contribution >= 0.6 is 12.2 Å². The van der Waals surface area contributed by atoms with Crippen molar-refractivity contribution in [3.63, 3.8) is 0 Å². The number of nitrogens with zero attached hydrogens (tertiary/aromatic N) is 1. The van der Waals surface area contributed by atoms with Gasteiger partial charge in [-0.3, -0.25) is 0 Å². The van der Waals surface area contributed by atoms with Crippen LogP contribution in [0.15, 0.2) is 18.2 Å². The molecule has 1 saturated heterocycles. The smallest absolute Gasteiger partial charge is 0.171 e. The maximum absolute atomic E-state index is 5.60. The molecular weight excluding hydrogens is 322 g/mol. The van der Waals surface area contributed by atoms with E-state index in [1.807, 2.05) is 18.2 Å².